The minimum atomic E-state index is -0.598. The molecule has 1 aromatic rings. The number of carbonyl (C=O) groups excluding carboxylic acids is 2. The summed E-state index contributed by atoms with van der Waals surface area (Å²) in [6.07, 6.45) is 0.0446. The number of hydrogen-bond donors (Lipinski definition) is 1. The molecule has 1 atom stereocenters. The van der Waals surface area contributed by atoms with Crippen molar-refractivity contribution >= 4 is 12.0 Å². The van der Waals surface area contributed by atoms with Gasteiger partial charge in [0.2, 0.25) is 5.91 Å². The molecule has 1 heterocycles. The zero-order valence-electron chi connectivity index (χ0n) is 15.5. The molecule has 1 N–H and O–H groups in total. The molecule has 0 aromatic heterocycles. The lowest BCUT2D eigenvalue weighted by molar-refractivity contribution is -0.128. The highest BCUT2D eigenvalue weighted by atomic mass is 16.6. The van der Waals surface area contributed by atoms with Gasteiger partial charge in [-0.15, -0.1) is 0 Å². The van der Waals surface area contributed by atoms with Gasteiger partial charge in [0.1, 0.15) is 11.6 Å². The average molecular weight is 332 g/mol. The molecule has 2 rings (SSSR count). The molecule has 0 fully saturated rings. The lowest BCUT2D eigenvalue weighted by Crippen LogP contribution is -2.56. The van der Waals surface area contributed by atoms with Gasteiger partial charge in [0.05, 0.1) is 6.54 Å². The first kappa shape index (κ1) is 18.3. The lowest BCUT2D eigenvalue weighted by atomic mass is 9.93. The molecule has 2 amide bonds. The first-order valence-electron chi connectivity index (χ1n) is 8.35. The van der Waals surface area contributed by atoms with Crippen molar-refractivity contribution in [3.8, 4) is 0 Å². The van der Waals surface area contributed by atoms with E-state index in [4.69, 9.17) is 4.74 Å². The Bertz CT molecular complexity index is 571. The van der Waals surface area contributed by atoms with Gasteiger partial charge in [-0.05, 0) is 52.7 Å². The Morgan fingerprint density at radius 2 is 1.67 bits per heavy atom. The van der Waals surface area contributed by atoms with Crippen LogP contribution in [0.25, 0.3) is 0 Å². The van der Waals surface area contributed by atoms with E-state index in [0.29, 0.717) is 13.0 Å². The van der Waals surface area contributed by atoms with Gasteiger partial charge in [-0.1, -0.05) is 24.3 Å². The number of ether oxygens (including phenoxy) is 1. The maximum atomic E-state index is 12.7. The Morgan fingerprint density at radius 3 is 2.21 bits per heavy atom. The Kier molecular flexibility index (Phi) is 4.92. The van der Waals surface area contributed by atoms with Crippen LogP contribution in [0.2, 0.25) is 0 Å². The number of rotatable bonds is 1. The van der Waals surface area contributed by atoms with Crippen LogP contribution in [0.3, 0.4) is 0 Å². The fraction of sp³-hybridized carbons (Fsp3) is 0.579. The quantitative estimate of drug-likeness (QED) is 0.859. The van der Waals surface area contributed by atoms with Crippen molar-refractivity contribution in [3.63, 3.8) is 0 Å². The third-order valence-electron chi connectivity index (χ3n) is 3.68. The van der Waals surface area contributed by atoms with Crippen molar-refractivity contribution in [2.45, 2.75) is 71.7 Å². The first-order chi connectivity index (χ1) is 11.0. The second-order valence-electron chi connectivity index (χ2n) is 8.34. The van der Waals surface area contributed by atoms with Gasteiger partial charge in [0.25, 0.3) is 0 Å². The fourth-order valence-electron chi connectivity index (χ4n) is 2.72. The predicted molar refractivity (Wildman–Crippen MR) is 93.6 cm³/mol. The molecule has 132 valence electrons. The molecular weight excluding hydrogens is 304 g/mol. The van der Waals surface area contributed by atoms with Crippen LogP contribution in [0.4, 0.5) is 4.79 Å². The van der Waals surface area contributed by atoms with Crippen LogP contribution in [-0.2, 0) is 22.5 Å². The van der Waals surface area contributed by atoms with Crippen LogP contribution >= 0.6 is 0 Å². The van der Waals surface area contributed by atoms with Gasteiger partial charge in [0, 0.05) is 12.0 Å². The van der Waals surface area contributed by atoms with Crippen LogP contribution in [-0.4, -0.2) is 34.1 Å². The summed E-state index contributed by atoms with van der Waals surface area (Å²) in [6, 6.07) is 7.35. The SMILES string of the molecule is CC(C)(C)NC(=O)C1Cc2ccccc2CN1C(=O)OC(C)(C)C. The summed E-state index contributed by atoms with van der Waals surface area (Å²) < 4.78 is 5.51. The summed E-state index contributed by atoms with van der Waals surface area (Å²) >= 11 is 0. The fourth-order valence-corrected chi connectivity index (χ4v) is 2.72. The van der Waals surface area contributed by atoms with Crippen molar-refractivity contribution in [2.75, 3.05) is 0 Å². The molecule has 1 aliphatic rings. The molecular formula is C19H28N2O3. The summed E-state index contributed by atoms with van der Waals surface area (Å²) in [6.45, 7) is 11.7. The molecule has 1 aliphatic heterocycles. The number of nitrogens with zero attached hydrogens (tertiary/aromatic N) is 1. The van der Waals surface area contributed by atoms with E-state index in [9.17, 15) is 9.59 Å². The number of benzene rings is 1. The summed E-state index contributed by atoms with van der Waals surface area (Å²) in [7, 11) is 0. The molecule has 5 nitrogen and oxygen atoms in total. The summed E-state index contributed by atoms with van der Waals surface area (Å²) in [5.74, 6) is -0.150. The van der Waals surface area contributed by atoms with Gasteiger partial charge in [-0.2, -0.15) is 0 Å². The van der Waals surface area contributed by atoms with E-state index in [-0.39, 0.29) is 11.4 Å². The second-order valence-corrected chi connectivity index (χ2v) is 8.34. The molecule has 0 saturated carbocycles. The first-order valence-corrected chi connectivity index (χ1v) is 8.35. The topological polar surface area (TPSA) is 58.6 Å². The Morgan fingerprint density at radius 1 is 1.08 bits per heavy atom. The molecule has 24 heavy (non-hydrogen) atoms. The minimum Gasteiger partial charge on any atom is -0.444 e. The number of amides is 2. The smallest absolute Gasteiger partial charge is 0.411 e. The van der Waals surface area contributed by atoms with Gasteiger partial charge < -0.3 is 10.1 Å². The zero-order valence-corrected chi connectivity index (χ0v) is 15.5. The van der Waals surface area contributed by atoms with Crippen molar-refractivity contribution in [3.05, 3.63) is 35.4 Å². The highest BCUT2D eigenvalue weighted by Crippen LogP contribution is 2.25. The van der Waals surface area contributed by atoms with Crippen LogP contribution in [0, 0.1) is 0 Å². The van der Waals surface area contributed by atoms with Crippen LogP contribution < -0.4 is 5.32 Å². The summed E-state index contributed by atoms with van der Waals surface area (Å²) in [4.78, 5) is 26.9. The minimum absolute atomic E-state index is 0.150. The second kappa shape index (κ2) is 6.46. The highest BCUT2D eigenvalue weighted by molar-refractivity contribution is 5.87. The van der Waals surface area contributed by atoms with E-state index in [2.05, 4.69) is 5.32 Å². The maximum Gasteiger partial charge on any atom is 0.411 e. The van der Waals surface area contributed by atoms with Crippen molar-refractivity contribution in [1.82, 2.24) is 10.2 Å². The van der Waals surface area contributed by atoms with Crippen molar-refractivity contribution in [1.29, 1.82) is 0 Å². The van der Waals surface area contributed by atoms with Crippen LogP contribution in [0.15, 0.2) is 24.3 Å². The highest BCUT2D eigenvalue weighted by Gasteiger charge is 2.37. The Hall–Kier alpha value is -2.04. The Balaban J connectivity index is 2.29. The Labute approximate surface area is 144 Å². The van der Waals surface area contributed by atoms with E-state index in [1.54, 1.807) is 0 Å². The van der Waals surface area contributed by atoms with E-state index in [1.807, 2.05) is 65.8 Å². The normalized spacial score (nSPS) is 17.9. The third kappa shape index (κ3) is 4.73. The maximum absolute atomic E-state index is 12.7. The van der Waals surface area contributed by atoms with E-state index in [0.717, 1.165) is 11.1 Å². The third-order valence-corrected chi connectivity index (χ3v) is 3.68. The average Bonchev–Trinajstić information content (AvgIpc) is 2.42. The van der Waals surface area contributed by atoms with Gasteiger partial charge in [-0.25, -0.2) is 4.79 Å². The standard InChI is InChI=1S/C19H28N2O3/c1-18(2,3)20-16(22)15-11-13-9-7-8-10-14(13)12-21(15)17(23)24-19(4,5)6/h7-10,15H,11-12H2,1-6H3,(H,20,22). The predicted octanol–water partition coefficient (Wildman–Crippen LogP) is 3.26. The molecule has 0 aliphatic carbocycles. The summed E-state index contributed by atoms with van der Waals surface area (Å²) in [5, 5.41) is 2.98. The molecule has 0 saturated heterocycles. The number of fused-ring (bicyclic) bond motifs is 1. The monoisotopic (exact) mass is 332 g/mol. The molecule has 1 unspecified atom stereocenters. The van der Waals surface area contributed by atoms with Crippen LogP contribution in [0.1, 0.15) is 52.7 Å². The molecule has 0 radical (unpaired) electrons. The molecule has 5 heteroatoms. The summed E-state index contributed by atoms with van der Waals surface area (Å²) in [5.41, 5.74) is 1.21. The number of hydrogen-bond acceptors (Lipinski definition) is 3. The zero-order chi connectivity index (χ0) is 18.1. The number of carbonyl (C=O) groups is 2. The number of nitrogens with one attached hydrogen (secondary N) is 1. The van der Waals surface area contributed by atoms with E-state index >= 15 is 0 Å². The van der Waals surface area contributed by atoms with Gasteiger partial charge >= 0.3 is 6.09 Å². The molecule has 1 aromatic carbocycles. The van der Waals surface area contributed by atoms with Gasteiger partial charge in [0.15, 0.2) is 0 Å². The van der Waals surface area contributed by atoms with Crippen molar-refractivity contribution < 1.29 is 14.3 Å². The molecule has 0 spiro atoms. The van der Waals surface area contributed by atoms with Crippen molar-refractivity contribution in [2.24, 2.45) is 0 Å². The largest absolute Gasteiger partial charge is 0.444 e. The molecule has 0 bridgehead atoms. The van der Waals surface area contributed by atoms with E-state index in [1.165, 1.54) is 4.90 Å². The van der Waals surface area contributed by atoms with E-state index < -0.39 is 17.7 Å². The lowest BCUT2D eigenvalue weighted by Gasteiger charge is -2.38. The van der Waals surface area contributed by atoms with Crippen LogP contribution in [0.5, 0.6) is 0 Å². The van der Waals surface area contributed by atoms with Gasteiger partial charge in [-0.3, -0.25) is 9.69 Å².